The highest BCUT2D eigenvalue weighted by molar-refractivity contribution is 7.92. The number of amides is 1. The molecule has 194 valence electrons. The van der Waals surface area contributed by atoms with E-state index >= 15 is 0 Å². The van der Waals surface area contributed by atoms with Gasteiger partial charge in [0.2, 0.25) is 5.75 Å². The molecule has 2 aromatic carbocycles. The monoisotopic (exact) mass is 524 g/mol. The summed E-state index contributed by atoms with van der Waals surface area (Å²) < 4.78 is 38.6. The number of aromatic nitrogens is 2. The van der Waals surface area contributed by atoms with Crippen LogP contribution >= 0.6 is 0 Å². The predicted molar refractivity (Wildman–Crippen MR) is 140 cm³/mol. The zero-order valence-corrected chi connectivity index (χ0v) is 21.8. The van der Waals surface area contributed by atoms with E-state index in [1.807, 2.05) is 38.1 Å². The zero-order chi connectivity index (χ0) is 26.6. The van der Waals surface area contributed by atoms with Gasteiger partial charge in [-0.1, -0.05) is 32.0 Å². The van der Waals surface area contributed by atoms with Gasteiger partial charge in [-0.3, -0.25) is 19.3 Å². The standard InChI is InChI=1S/C25H28N6O5S/c1-5-30(6-2)16-31-20-10-8-7-9-19(20)21(25(31)32)28-17-11-13-18(14-12-17)37(33,34)29-23-22(35-3)24(36-4)27-15-26-23/h7-15H,5-6,16H2,1-4H3,(H,26,27,29). The normalized spacial score (nSPS) is 14.2. The number of nitrogens with zero attached hydrogens (tertiary/aromatic N) is 5. The van der Waals surface area contributed by atoms with Gasteiger partial charge in [0.1, 0.15) is 12.0 Å². The van der Waals surface area contributed by atoms with Crippen LogP contribution in [0.25, 0.3) is 0 Å². The van der Waals surface area contributed by atoms with Gasteiger partial charge in [-0.2, -0.15) is 4.98 Å². The van der Waals surface area contributed by atoms with Gasteiger partial charge in [0.05, 0.1) is 37.2 Å². The maximum atomic E-state index is 13.3. The molecule has 0 saturated heterocycles. The molecular formula is C25H28N6O5S. The van der Waals surface area contributed by atoms with Crippen molar-refractivity contribution in [2.75, 3.05) is 43.6 Å². The molecule has 1 aliphatic rings. The summed E-state index contributed by atoms with van der Waals surface area (Å²) in [5.41, 5.74) is 2.30. The summed E-state index contributed by atoms with van der Waals surface area (Å²) in [7, 11) is -1.26. The number of rotatable bonds is 10. The SMILES string of the molecule is CCN(CC)CN1C(=O)C(=Nc2ccc(S(=O)(=O)Nc3ncnc(OC)c3OC)cc2)c2ccccc21. The van der Waals surface area contributed by atoms with Crippen molar-refractivity contribution in [1.82, 2.24) is 14.9 Å². The Labute approximate surface area is 215 Å². The van der Waals surface area contributed by atoms with Crippen molar-refractivity contribution in [3.63, 3.8) is 0 Å². The molecule has 0 saturated carbocycles. The Balaban J connectivity index is 1.61. The summed E-state index contributed by atoms with van der Waals surface area (Å²) in [4.78, 5) is 29.6. The minimum absolute atomic E-state index is 0.0163. The zero-order valence-electron chi connectivity index (χ0n) is 21.0. The van der Waals surface area contributed by atoms with Crippen LogP contribution in [0.5, 0.6) is 11.6 Å². The Morgan fingerprint density at radius 3 is 2.35 bits per heavy atom. The topological polar surface area (TPSA) is 126 Å². The van der Waals surface area contributed by atoms with Crippen molar-refractivity contribution in [2.24, 2.45) is 4.99 Å². The van der Waals surface area contributed by atoms with Crippen LogP contribution in [0, 0.1) is 0 Å². The third-order valence-electron chi connectivity index (χ3n) is 5.92. The number of sulfonamides is 1. The third kappa shape index (κ3) is 5.25. The van der Waals surface area contributed by atoms with E-state index in [1.54, 1.807) is 17.0 Å². The Morgan fingerprint density at radius 1 is 1.00 bits per heavy atom. The molecule has 0 aliphatic carbocycles. The number of hydrogen-bond acceptors (Lipinski definition) is 9. The van der Waals surface area contributed by atoms with Gasteiger partial charge in [-0.15, -0.1) is 0 Å². The van der Waals surface area contributed by atoms with Gasteiger partial charge >= 0.3 is 0 Å². The molecule has 37 heavy (non-hydrogen) atoms. The highest BCUT2D eigenvalue weighted by Gasteiger charge is 2.34. The number of benzene rings is 2. The van der Waals surface area contributed by atoms with E-state index in [4.69, 9.17) is 9.47 Å². The van der Waals surface area contributed by atoms with Crippen LogP contribution in [-0.4, -0.2) is 68.9 Å². The number of fused-ring (bicyclic) bond motifs is 1. The van der Waals surface area contributed by atoms with E-state index < -0.39 is 10.0 Å². The molecule has 0 radical (unpaired) electrons. The third-order valence-corrected chi connectivity index (χ3v) is 7.28. The number of carbonyl (C=O) groups is 1. The van der Waals surface area contributed by atoms with Crippen molar-refractivity contribution >= 4 is 38.8 Å². The minimum Gasteiger partial charge on any atom is -0.489 e. The van der Waals surface area contributed by atoms with Crippen molar-refractivity contribution in [1.29, 1.82) is 0 Å². The number of nitrogens with one attached hydrogen (secondary N) is 1. The second-order valence-corrected chi connectivity index (χ2v) is 9.70. The summed E-state index contributed by atoms with van der Waals surface area (Å²) in [5.74, 6) is -0.0985. The number of hydrogen-bond donors (Lipinski definition) is 1. The first-order chi connectivity index (χ1) is 17.8. The molecule has 2 heterocycles. The lowest BCUT2D eigenvalue weighted by molar-refractivity contribution is -0.112. The fourth-order valence-corrected chi connectivity index (χ4v) is 4.92. The lowest BCUT2D eigenvalue weighted by Gasteiger charge is -2.25. The maximum absolute atomic E-state index is 13.3. The fourth-order valence-electron chi connectivity index (χ4n) is 3.91. The Kier molecular flexibility index (Phi) is 7.69. The first-order valence-electron chi connectivity index (χ1n) is 11.6. The van der Waals surface area contributed by atoms with Crippen molar-refractivity contribution in [3.05, 3.63) is 60.4 Å². The smallest absolute Gasteiger partial charge is 0.278 e. The number of ether oxygens (including phenoxy) is 2. The quantitative estimate of drug-likeness (QED) is 0.429. The average molecular weight is 525 g/mol. The summed E-state index contributed by atoms with van der Waals surface area (Å²) in [6.45, 7) is 6.18. The number of anilines is 2. The van der Waals surface area contributed by atoms with E-state index in [2.05, 4.69) is 24.6 Å². The molecule has 0 spiro atoms. The van der Waals surface area contributed by atoms with Crippen LogP contribution in [0.2, 0.25) is 0 Å². The van der Waals surface area contributed by atoms with Crippen LogP contribution in [0.1, 0.15) is 19.4 Å². The molecule has 0 atom stereocenters. The molecule has 1 aromatic heterocycles. The Bertz CT molecular complexity index is 1420. The second-order valence-electron chi connectivity index (χ2n) is 8.02. The van der Waals surface area contributed by atoms with Gasteiger partial charge in [-0.25, -0.2) is 18.4 Å². The van der Waals surface area contributed by atoms with Gasteiger partial charge in [0.15, 0.2) is 5.82 Å². The molecule has 1 N–H and O–H groups in total. The fraction of sp³-hybridized carbons (Fsp3) is 0.280. The number of carbonyl (C=O) groups excluding carboxylic acids is 1. The number of methoxy groups -OCH3 is 2. The van der Waals surface area contributed by atoms with Crippen LogP contribution in [0.4, 0.5) is 17.2 Å². The lowest BCUT2D eigenvalue weighted by atomic mass is 10.1. The molecule has 1 amide bonds. The Morgan fingerprint density at radius 2 is 1.70 bits per heavy atom. The molecular weight excluding hydrogens is 496 g/mol. The second kappa shape index (κ2) is 10.9. The minimum atomic E-state index is -4.01. The van der Waals surface area contributed by atoms with Gasteiger partial charge < -0.3 is 9.47 Å². The van der Waals surface area contributed by atoms with Crippen LogP contribution in [0.15, 0.2) is 64.7 Å². The number of para-hydroxylation sites is 1. The molecule has 1 aliphatic heterocycles. The van der Waals surface area contributed by atoms with E-state index in [9.17, 15) is 13.2 Å². The molecule has 4 rings (SSSR count). The van der Waals surface area contributed by atoms with E-state index in [1.165, 1.54) is 32.7 Å². The molecule has 3 aromatic rings. The van der Waals surface area contributed by atoms with Crippen molar-refractivity contribution < 1.29 is 22.7 Å². The molecule has 0 unspecified atom stereocenters. The first kappa shape index (κ1) is 26.0. The van der Waals surface area contributed by atoms with Crippen molar-refractivity contribution in [2.45, 2.75) is 18.7 Å². The maximum Gasteiger partial charge on any atom is 0.278 e. The molecule has 11 nitrogen and oxygen atoms in total. The Hall–Kier alpha value is -4.03. The first-order valence-corrected chi connectivity index (χ1v) is 13.1. The van der Waals surface area contributed by atoms with E-state index in [-0.39, 0.29) is 28.3 Å². The van der Waals surface area contributed by atoms with Crippen molar-refractivity contribution in [3.8, 4) is 11.6 Å². The van der Waals surface area contributed by atoms with Gasteiger partial charge in [0.25, 0.3) is 21.8 Å². The van der Waals surface area contributed by atoms with E-state index in [0.717, 1.165) is 24.3 Å². The lowest BCUT2D eigenvalue weighted by Crippen LogP contribution is -2.41. The van der Waals surface area contributed by atoms with Crippen LogP contribution < -0.4 is 19.1 Å². The van der Waals surface area contributed by atoms with Crippen LogP contribution in [0.3, 0.4) is 0 Å². The highest BCUT2D eigenvalue weighted by Crippen LogP contribution is 2.33. The molecule has 0 fully saturated rings. The summed E-state index contributed by atoms with van der Waals surface area (Å²) in [5, 5.41) is 0. The van der Waals surface area contributed by atoms with Gasteiger partial charge in [-0.05, 0) is 43.4 Å². The molecule has 0 bridgehead atoms. The van der Waals surface area contributed by atoms with E-state index in [0.29, 0.717) is 18.1 Å². The largest absolute Gasteiger partial charge is 0.489 e. The average Bonchev–Trinajstić information content (AvgIpc) is 3.17. The predicted octanol–water partition coefficient (Wildman–Crippen LogP) is 3.06. The van der Waals surface area contributed by atoms with Crippen LogP contribution in [-0.2, 0) is 14.8 Å². The van der Waals surface area contributed by atoms with Gasteiger partial charge in [0, 0.05) is 5.56 Å². The highest BCUT2D eigenvalue weighted by atomic mass is 32.2. The summed E-state index contributed by atoms with van der Waals surface area (Å²) >= 11 is 0. The summed E-state index contributed by atoms with van der Waals surface area (Å²) in [6, 6.07) is 13.4. The summed E-state index contributed by atoms with van der Waals surface area (Å²) in [6.07, 6.45) is 1.17. The number of aliphatic imine (C=N–C) groups is 1. The molecule has 12 heteroatoms.